The van der Waals surface area contributed by atoms with E-state index in [0.717, 1.165) is 36.4 Å². The van der Waals surface area contributed by atoms with Gasteiger partial charge >= 0.3 is 0 Å². The minimum atomic E-state index is -0.344. The maximum Gasteiger partial charge on any atom is 0.257 e. The van der Waals surface area contributed by atoms with Gasteiger partial charge in [0.15, 0.2) is 0 Å². The molecule has 2 aliphatic rings. The van der Waals surface area contributed by atoms with E-state index in [1.165, 1.54) is 23.3 Å². The second-order valence-corrected chi connectivity index (χ2v) is 8.11. The number of carbonyl (C=O) groups excluding carboxylic acids is 1. The molecule has 4 rings (SSSR count). The van der Waals surface area contributed by atoms with E-state index in [9.17, 15) is 9.90 Å². The van der Waals surface area contributed by atoms with Crippen molar-refractivity contribution in [1.82, 2.24) is 9.47 Å². The third-order valence-electron chi connectivity index (χ3n) is 5.40. The molecule has 24 heavy (non-hydrogen) atoms. The molecule has 128 valence electrons. The molecule has 1 aliphatic heterocycles. The number of aliphatic hydroxyl groups is 1. The smallest absolute Gasteiger partial charge is 0.257 e. The summed E-state index contributed by atoms with van der Waals surface area (Å²) in [5.41, 5.74) is 2.19. The molecule has 1 aliphatic carbocycles. The first-order valence-corrected chi connectivity index (χ1v) is 9.72. The van der Waals surface area contributed by atoms with E-state index in [4.69, 9.17) is 0 Å². The van der Waals surface area contributed by atoms with Gasteiger partial charge in [-0.05, 0) is 56.7 Å². The largest absolute Gasteiger partial charge is 0.393 e. The Hall–Kier alpha value is -1.59. The molecular formula is C19H24N2O2S. The predicted octanol–water partition coefficient (Wildman–Crippen LogP) is 3.26. The first kappa shape index (κ1) is 15.9. The van der Waals surface area contributed by atoms with E-state index in [1.807, 2.05) is 36.4 Å². The number of aliphatic hydroxyl groups excluding tert-OH is 1. The van der Waals surface area contributed by atoms with Crippen LogP contribution in [0.25, 0.3) is 5.00 Å². The van der Waals surface area contributed by atoms with Crippen LogP contribution in [0.5, 0.6) is 0 Å². The van der Waals surface area contributed by atoms with Crippen molar-refractivity contribution in [1.29, 1.82) is 0 Å². The van der Waals surface area contributed by atoms with Gasteiger partial charge < -0.3 is 14.6 Å². The van der Waals surface area contributed by atoms with Gasteiger partial charge in [-0.25, -0.2) is 0 Å². The van der Waals surface area contributed by atoms with Crippen LogP contribution in [-0.2, 0) is 12.8 Å². The molecule has 1 saturated heterocycles. The highest BCUT2D eigenvalue weighted by Crippen LogP contribution is 2.38. The number of hydrogen-bond acceptors (Lipinski definition) is 3. The lowest BCUT2D eigenvalue weighted by molar-refractivity contribution is 0.0761. The van der Waals surface area contributed by atoms with Crippen LogP contribution in [0, 0.1) is 5.92 Å². The Kier molecular flexibility index (Phi) is 4.22. The van der Waals surface area contributed by atoms with Gasteiger partial charge in [0.25, 0.3) is 5.91 Å². The van der Waals surface area contributed by atoms with Crippen LogP contribution in [0.4, 0.5) is 0 Å². The first-order chi connectivity index (χ1) is 11.6. The first-order valence-electron chi connectivity index (χ1n) is 8.90. The molecule has 1 fully saturated rings. The molecule has 0 aromatic carbocycles. The number of carbonyl (C=O) groups is 1. The Morgan fingerprint density at radius 3 is 2.75 bits per heavy atom. The molecule has 4 nitrogen and oxygen atoms in total. The maximum atomic E-state index is 13.3. The molecule has 2 aromatic rings. The molecule has 1 amide bonds. The number of likely N-dealkylation sites (tertiary alicyclic amines) is 1. The molecule has 5 heteroatoms. The summed E-state index contributed by atoms with van der Waals surface area (Å²) in [5.74, 6) is 0.361. The van der Waals surface area contributed by atoms with Crippen molar-refractivity contribution in [3.05, 3.63) is 40.5 Å². The molecule has 0 bridgehead atoms. The van der Waals surface area contributed by atoms with Gasteiger partial charge in [0.2, 0.25) is 0 Å². The van der Waals surface area contributed by atoms with Crippen LogP contribution >= 0.6 is 11.3 Å². The third-order valence-corrected chi connectivity index (χ3v) is 6.70. The van der Waals surface area contributed by atoms with Gasteiger partial charge in [-0.3, -0.25) is 4.79 Å². The molecule has 0 radical (unpaired) electrons. The Morgan fingerprint density at radius 2 is 2.04 bits per heavy atom. The average molecular weight is 344 g/mol. The fourth-order valence-corrected chi connectivity index (χ4v) is 5.29. The van der Waals surface area contributed by atoms with Crippen molar-refractivity contribution in [2.75, 3.05) is 13.1 Å². The topological polar surface area (TPSA) is 45.5 Å². The number of rotatable bonds is 3. The van der Waals surface area contributed by atoms with Gasteiger partial charge in [0.1, 0.15) is 5.00 Å². The summed E-state index contributed by atoms with van der Waals surface area (Å²) >= 11 is 1.78. The van der Waals surface area contributed by atoms with E-state index >= 15 is 0 Å². The Morgan fingerprint density at radius 1 is 1.29 bits per heavy atom. The molecule has 0 spiro atoms. The summed E-state index contributed by atoms with van der Waals surface area (Å²) in [6.45, 7) is 3.26. The van der Waals surface area contributed by atoms with Crippen LogP contribution < -0.4 is 0 Å². The fourth-order valence-electron chi connectivity index (χ4n) is 3.95. The second-order valence-electron chi connectivity index (χ2n) is 7.02. The van der Waals surface area contributed by atoms with Crippen LogP contribution in [0.15, 0.2) is 24.5 Å². The Bertz CT molecular complexity index is 733. The van der Waals surface area contributed by atoms with Crippen LogP contribution in [0.1, 0.15) is 47.0 Å². The van der Waals surface area contributed by atoms with Crippen LogP contribution in [-0.4, -0.2) is 39.7 Å². The zero-order valence-electron chi connectivity index (χ0n) is 14.1. The lowest BCUT2D eigenvalue weighted by Gasteiger charge is -2.20. The highest BCUT2D eigenvalue weighted by molar-refractivity contribution is 7.15. The van der Waals surface area contributed by atoms with Crippen molar-refractivity contribution in [2.24, 2.45) is 5.92 Å². The number of thiophene rings is 1. The minimum absolute atomic E-state index is 0.154. The molecule has 2 aromatic heterocycles. The van der Waals surface area contributed by atoms with E-state index < -0.39 is 0 Å². The Balaban J connectivity index is 1.71. The van der Waals surface area contributed by atoms with Crippen molar-refractivity contribution >= 4 is 17.2 Å². The average Bonchev–Trinajstić information content (AvgIpc) is 3.31. The molecule has 0 saturated carbocycles. The monoisotopic (exact) mass is 344 g/mol. The second kappa shape index (κ2) is 6.37. The van der Waals surface area contributed by atoms with Gasteiger partial charge in [0, 0.05) is 36.3 Å². The summed E-state index contributed by atoms with van der Waals surface area (Å²) in [4.78, 5) is 16.6. The van der Waals surface area contributed by atoms with E-state index in [2.05, 4.69) is 4.57 Å². The van der Waals surface area contributed by atoms with Crippen molar-refractivity contribution in [2.45, 2.75) is 45.1 Å². The summed E-state index contributed by atoms with van der Waals surface area (Å²) in [6.07, 6.45) is 9.11. The zero-order valence-corrected chi connectivity index (χ0v) is 14.9. The molecular weight excluding hydrogens is 320 g/mol. The highest BCUT2D eigenvalue weighted by atomic mass is 32.1. The number of fused-ring (bicyclic) bond motifs is 1. The van der Waals surface area contributed by atoms with Crippen molar-refractivity contribution in [3.8, 4) is 5.00 Å². The zero-order chi connectivity index (χ0) is 16.7. The van der Waals surface area contributed by atoms with Gasteiger partial charge in [-0.15, -0.1) is 11.3 Å². The number of nitrogens with zero attached hydrogens (tertiary/aromatic N) is 2. The molecule has 1 N–H and O–H groups in total. The lowest BCUT2D eigenvalue weighted by atomic mass is 9.95. The fraction of sp³-hybridized carbons (Fsp3) is 0.526. The van der Waals surface area contributed by atoms with Gasteiger partial charge in [-0.1, -0.05) is 0 Å². The minimum Gasteiger partial charge on any atom is -0.393 e. The molecule has 2 unspecified atom stereocenters. The van der Waals surface area contributed by atoms with Gasteiger partial charge in [0.05, 0.1) is 11.7 Å². The number of aromatic nitrogens is 1. The van der Waals surface area contributed by atoms with E-state index in [-0.39, 0.29) is 17.9 Å². The molecule has 3 heterocycles. The lowest BCUT2D eigenvalue weighted by Crippen LogP contribution is -2.31. The van der Waals surface area contributed by atoms with E-state index in [0.29, 0.717) is 6.54 Å². The van der Waals surface area contributed by atoms with Crippen molar-refractivity contribution < 1.29 is 9.90 Å². The summed E-state index contributed by atoms with van der Waals surface area (Å²) in [7, 11) is 0. The SMILES string of the molecule is CC(O)C1CCN(C(=O)c2c(-n3cccc3)sc3c2CCCC3)C1. The maximum absolute atomic E-state index is 13.3. The number of aryl methyl sites for hydroxylation is 1. The predicted molar refractivity (Wildman–Crippen MR) is 96.0 cm³/mol. The normalized spacial score (nSPS) is 21.8. The molecule has 2 atom stereocenters. The van der Waals surface area contributed by atoms with Crippen molar-refractivity contribution in [3.63, 3.8) is 0 Å². The Labute approximate surface area is 146 Å². The highest BCUT2D eigenvalue weighted by Gasteiger charge is 2.34. The summed E-state index contributed by atoms with van der Waals surface area (Å²) in [6, 6.07) is 4.01. The number of amides is 1. The van der Waals surface area contributed by atoms with Gasteiger partial charge in [-0.2, -0.15) is 0 Å². The quantitative estimate of drug-likeness (QED) is 0.929. The number of hydrogen-bond donors (Lipinski definition) is 1. The third kappa shape index (κ3) is 2.70. The van der Waals surface area contributed by atoms with Crippen LogP contribution in [0.2, 0.25) is 0 Å². The standard InChI is InChI=1S/C19H24N2O2S/c1-13(22)14-8-11-21(12-14)18(23)17-15-6-2-3-7-16(15)24-19(17)20-9-4-5-10-20/h4-5,9-10,13-14,22H,2-3,6-8,11-12H2,1H3. The summed E-state index contributed by atoms with van der Waals surface area (Å²) < 4.78 is 2.08. The summed E-state index contributed by atoms with van der Waals surface area (Å²) in [5, 5.41) is 10.9. The van der Waals surface area contributed by atoms with Crippen LogP contribution in [0.3, 0.4) is 0 Å². The van der Waals surface area contributed by atoms with E-state index in [1.54, 1.807) is 11.3 Å².